The average molecular weight is 165 g/mol. The molecular formula is C9H8FNO. The first-order valence-corrected chi connectivity index (χ1v) is 3.50. The Labute approximate surface area is 69.9 Å². The van der Waals surface area contributed by atoms with Gasteiger partial charge in [0.15, 0.2) is 0 Å². The lowest BCUT2D eigenvalue weighted by atomic mass is 10.1. The number of aromatic hydroxyl groups is 1. The number of phenols is 1. The minimum Gasteiger partial charge on any atom is -0.508 e. The first kappa shape index (κ1) is 8.54. The second kappa shape index (κ2) is 3.22. The van der Waals surface area contributed by atoms with Crippen LogP contribution in [0.5, 0.6) is 5.75 Å². The van der Waals surface area contributed by atoms with Gasteiger partial charge in [0, 0.05) is 11.6 Å². The minimum absolute atomic E-state index is 0.0347. The molecule has 0 heterocycles. The quantitative estimate of drug-likeness (QED) is 0.690. The molecule has 1 rings (SSSR count). The van der Waals surface area contributed by atoms with Gasteiger partial charge in [-0.2, -0.15) is 5.26 Å². The number of hydrogen-bond acceptors (Lipinski definition) is 2. The van der Waals surface area contributed by atoms with Crippen LogP contribution >= 0.6 is 0 Å². The highest BCUT2D eigenvalue weighted by Gasteiger charge is 2.05. The first-order chi connectivity index (χ1) is 5.65. The van der Waals surface area contributed by atoms with Gasteiger partial charge in [-0.25, -0.2) is 4.39 Å². The van der Waals surface area contributed by atoms with Crippen LogP contribution in [0.25, 0.3) is 0 Å². The number of halogens is 1. The highest BCUT2D eigenvalue weighted by Crippen LogP contribution is 2.20. The lowest BCUT2D eigenvalue weighted by Crippen LogP contribution is -1.89. The zero-order valence-corrected chi connectivity index (χ0v) is 6.63. The maximum Gasteiger partial charge on any atom is 0.131 e. The Hall–Kier alpha value is -1.56. The van der Waals surface area contributed by atoms with Gasteiger partial charge in [0.2, 0.25) is 0 Å². The van der Waals surface area contributed by atoms with Crippen LogP contribution in [0.3, 0.4) is 0 Å². The Morgan fingerprint density at radius 2 is 2.25 bits per heavy atom. The molecule has 0 aliphatic carbocycles. The molecule has 0 amide bonds. The SMILES string of the molecule is Cc1cc(CC#N)c(F)cc1O. The number of benzene rings is 1. The van der Waals surface area contributed by atoms with Crippen molar-refractivity contribution in [2.24, 2.45) is 0 Å². The fraction of sp³-hybridized carbons (Fsp3) is 0.222. The molecule has 1 N–H and O–H groups in total. The molecule has 0 bridgehead atoms. The van der Waals surface area contributed by atoms with E-state index in [1.807, 2.05) is 6.07 Å². The van der Waals surface area contributed by atoms with Crippen molar-refractivity contribution in [3.63, 3.8) is 0 Å². The molecule has 2 nitrogen and oxygen atoms in total. The van der Waals surface area contributed by atoms with Crippen LogP contribution in [0.4, 0.5) is 4.39 Å². The molecule has 62 valence electrons. The van der Waals surface area contributed by atoms with Gasteiger partial charge in [0.25, 0.3) is 0 Å². The van der Waals surface area contributed by atoms with Crippen molar-refractivity contribution in [2.75, 3.05) is 0 Å². The van der Waals surface area contributed by atoms with Crippen LogP contribution in [0.15, 0.2) is 12.1 Å². The molecule has 0 aliphatic rings. The van der Waals surface area contributed by atoms with E-state index in [-0.39, 0.29) is 12.2 Å². The van der Waals surface area contributed by atoms with Gasteiger partial charge in [0.05, 0.1) is 12.5 Å². The van der Waals surface area contributed by atoms with Gasteiger partial charge >= 0.3 is 0 Å². The third-order valence-electron chi connectivity index (χ3n) is 1.63. The van der Waals surface area contributed by atoms with Crippen LogP contribution in [0.2, 0.25) is 0 Å². The molecule has 12 heavy (non-hydrogen) atoms. The molecule has 1 aromatic carbocycles. The average Bonchev–Trinajstić information content (AvgIpc) is 2.01. The van der Waals surface area contributed by atoms with E-state index >= 15 is 0 Å². The summed E-state index contributed by atoms with van der Waals surface area (Å²) in [5.41, 5.74) is 0.912. The molecule has 1 aromatic rings. The molecule has 0 spiro atoms. The molecule has 0 radical (unpaired) electrons. The first-order valence-electron chi connectivity index (χ1n) is 3.50. The zero-order valence-electron chi connectivity index (χ0n) is 6.63. The Morgan fingerprint density at radius 3 is 2.83 bits per heavy atom. The van der Waals surface area contributed by atoms with Gasteiger partial charge in [0.1, 0.15) is 11.6 Å². The van der Waals surface area contributed by atoms with E-state index in [2.05, 4.69) is 0 Å². The largest absolute Gasteiger partial charge is 0.508 e. The Morgan fingerprint density at radius 1 is 1.58 bits per heavy atom. The highest BCUT2D eigenvalue weighted by molar-refractivity contribution is 5.37. The van der Waals surface area contributed by atoms with Crippen molar-refractivity contribution in [1.82, 2.24) is 0 Å². The van der Waals surface area contributed by atoms with Crippen LogP contribution in [-0.2, 0) is 6.42 Å². The highest BCUT2D eigenvalue weighted by atomic mass is 19.1. The van der Waals surface area contributed by atoms with Gasteiger partial charge in [-0.3, -0.25) is 0 Å². The fourth-order valence-corrected chi connectivity index (χ4v) is 0.951. The molecule has 0 saturated heterocycles. The van der Waals surface area contributed by atoms with Crippen molar-refractivity contribution < 1.29 is 9.50 Å². The lowest BCUT2D eigenvalue weighted by molar-refractivity contribution is 0.464. The summed E-state index contributed by atoms with van der Waals surface area (Å²) in [5.74, 6) is -0.603. The molecule has 0 atom stereocenters. The van der Waals surface area contributed by atoms with E-state index in [0.717, 1.165) is 6.07 Å². The van der Waals surface area contributed by atoms with Crippen LogP contribution in [0, 0.1) is 24.1 Å². The normalized spacial score (nSPS) is 9.42. The summed E-state index contributed by atoms with van der Waals surface area (Å²) in [4.78, 5) is 0. The monoisotopic (exact) mass is 165 g/mol. The Bertz CT molecular complexity index is 341. The van der Waals surface area contributed by atoms with E-state index in [1.165, 1.54) is 6.07 Å². The van der Waals surface area contributed by atoms with E-state index < -0.39 is 5.82 Å². The van der Waals surface area contributed by atoms with E-state index in [4.69, 9.17) is 10.4 Å². The molecule has 0 saturated carbocycles. The van der Waals surface area contributed by atoms with Crippen molar-refractivity contribution in [2.45, 2.75) is 13.3 Å². The molecule has 0 aromatic heterocycles. The van der Waals surface area contributed by atoms with Crippen molar-refractivity contribution in [1.29, 1.82) is 5.26 Å². The van der Waals surface area contributed by atoms with Crippen molar-refractivity contribution >= 4 is 0 Å². The van der Waals surface area contributed by atoms with E-state index in [1.54, 1.807) is 6.92 Å². The van der Waals surface area contributed by atoms with E-state index in [0.29, 0.717) is 11.1 Å². The zero-order chi connectivity index (χ0) is 9.14. The van der Waals surface area contributed by atoms with Gasteiger partial charge in [-0.15, -0.1) is 0 Å². The van der Waals surface area contributed by atoms with Crippen LogP contribution in [0.1, 0.15) is 11.1 Å². The fourth-order valence-electron chi connectivity index (χ4n) is 0.951. The third-order valence-corrected chi connectivity index (χ3v) is 1.63. The predicted octanol–water partition coefficient (Wildman–Crippen LogP) is 1.91. The lowest BCUT2D eigenvalue weighted by Gasteiger charge is -2.02. The summed E-state index contributed by atoms with van der Waals surface area (Å²) in [6, 6.07) is 4.36. The number of rotatable bonds is 1. The van der Waals surface area contributed by atoms with Crippen molar-refractivity contribution in [3.05, 3.63) is 29.1 Å². The summed E-state index contributed by atoms with van der Waals surface area (Å²) in [5, 5.41) is 17.4. The Kier molecular flexibility index (Phi) is 2.29. The molecule has 3 heteroatoms. The predicted molar refractivity (Wildman–Crippen MR) is 42.1 cm³/mol. The third kappa shape index (κ3) is 1.54. The van der Waals surface area contributed by atoms with Crippen molar-refractivity contribution in [3.8, 4) is 11.8 Å². The number of phenolic OH excluding ortho intramolecular Hbond substituents is 1. The number of aryl methyl sites for hydroxylation is 1. The number of nitrogens with zero attached hydrogens (tertiary/aromatic N) is 1. The van der Waals surface area contributed by atoms with Crippen LogP contribution in [-0.4, -0.2) is 5.11 Å². The van der Waals surface area contributed by atoms with Gasteiger partial charge < -0.3 is 5.11 Å². The maximum atomic E-state index is 12.9. The van der Waals surface area contributed by atoms with E-state index in [9.17, 15) is 4.39 Å². The summed E-state index contributed by atoms with van der Waals surface area (Å²) >= 11 is 0. The molecule has 0 unspecified atom stereocenters. The summed E-state index contributed by atoms with van der Waals surface area (Å²) in [6.45, 7) is 1.66. The number of nitriles is 1. The smallest absolute Gasteiger partial charge is 0.131 e. The van der Waals surface area contributed by atoms with Crippen LogP contribution < -0.4 is 0 Å². The Balaban J connectivity index is 3.16. The standard InChI is InChI=1S/C9H8FNO/c1-6-4-7(2-3-11)8(10)5-9(6)12/h4-5,12H,2H2,1H3. The summed E-state index contributed by atoms with van der Waals surface area (Å²) < 4.78 is 12.9. The molecule has 0 aliphatic heterocycles. The summed E-state index contributed by atoms with van der Waals surface area (Å²) in [7, 11) is 0. The summed E-state index contributed by atoms with van der Waals surface area (Å²) in [6.07, 6.45) is 0.0347. The number of hydrogen-bond donors (Lipinski definition) is 1. The second-order valence-electron chi connectivity index (χ2n) is 2.56. The topological polar surface area (TPSA) is 44.0 Å². The molecular weight excluding hydrogens is 157 g/mol. The molecule has 0 fully saturated rings. The maximum absolute atomic E-state index is 12.9. The minimum atomic E-state index is -0.528. The van der Waals surface area contributed by atoms with Gasteiger partial charge in [-0.05, 0) is 18.6 Å². The second-order valence-corrected chi connectivity index (χ2v) is 2.56. The van der Waals surface area contributed by atoms with Gasteiger partial charge in [-0.1, -0.05) is 0 Å².